The van der Waals surface area contributed by atoms with Gasteiger partial charge in [0.15, 0.2) is 0 Å². The van der Waals surface area contributed by atoms with Crippen LogP contribution >= 0.6 is 0 Å². The molecule has 0 unspecified atom stereocenters. The van der Waals surface area contributed by atoms with Crippen molar-refractivity contribution in [1.82, 2.24) is 9.97 Å². The summed E-state index contributed by atoms with van der Waals surface area (Å²) in [7, 11) is 1.66. The molecule has 4 nitrogen and oxygen atoms in total. The minimum Gasteiger partial charge on any atom is -0.497 e. The average Bonchev–Trinajstić information content (AvgIpc) is 2.36. The molecule has 0 atom stereocenters. The summed E-state index contributed by atoms with van der Waals surface area (Å²) in [4.78, 5) is 8.67. The summed E-state index contributed by atoms with van der Waals surface area (Å²) >= 11 is 0. The van der Waals surface area contributed by atoms with Crippen molar-refractivity contribution in [2.75, 3.05) is 12.4 Å². The number of benzene rings is 1. The normalized spacial score (nSPS) is 10.2. The number of ether oxygens (including phenoxy) is 1. The van der Waals surface area contributed by atoms with Gasteiger partial charge in [-0.3, -0.25) is 0 Å². The molecular weight excluding hydrogens is 226 g/mol. The molecule has 2 aromatic rings. The molecule has 0 radical (unpaired) electrons. The molecule has 0 aliphatic rings. The Morgan fingerprint density at radius 3 is 2.22 bits per heavy atom. The van der Waals surface area contributed by atoms with Gasteiger partial charge < -0.3 is 10.1 Å². The highest BCUT2D eigenvalue weighted by Gasteiger charge is 1.99. The molecule has 0 saturated carbocycles. The van der Waals surface area contributed by atoms with Crippen LogP contribution in [0.3, 0.4) is 0 Å². The van der Waals surface area contributed by atoms with Gasteiger partial charge in [-0.1, -0.05) is 12.1 Å². The van der Waals surface area contributed by atoms with Crippen LogP contribution in [0.2, 0.25) is 0 Å². The van der Waals surface area contributed by atoms with Gasteiger partial charge in [-0.25, -0.2) is 9.97 Å². The highest BCUT2D eigenvalue weighted by atomic mass is 16.5. The lowest BCUT2D eigenvalue weighted by molar-refractivity contribution is 0.414. The number of aromatic nitrogens is 2. The van der Waals surface area contributed by atoms with E-state index in [1.165, 1.54) is 5.56 Å². The van der Waals surface area contributed by atoms with E-state index in [0.29, 0.717) is 12.5 Å². The number of nitrogens with one attached hydrogen (secondary N) is 1. The molecule has 0 spiro atoms. The van der Waals surface area contributed by atoms with Crippen molar-refractivity contribution in [3.63, 3.8) is 0 Å². The maximum absolute atomic E-state index is 5.12. The summed E-state index contributed by atoms with van der Waals surface area (Å²) < 4.78 is 5.12. The molecule has 18 heavy (non-hydrogen) atoms. The van der Waals surface area contributed by atoms with Crippen molar-refractivity contribution >= 4 is 5.95 Å². The molecule has 1 heterocycles. The summed E-state index contributed by atoms with van der Waals surface area (Å²) in [6.45, 7) is 4.63. The number of aryl methyl sites for hydroxylation is 2. The van der Waals surface area contributed by atoms with Gasteiger partial charge in [-0.2, -0.15) is 0 Å². The first-order valence-corrected chi connectivity index (χ1v) is 5.86. The molecule has 94 valence electrons. The standard InChI is InChI=1S/C14H17N3O/c1-10-8-11(2)17-14(16-10)15-9-12-4-6-13(18-3)7-5-12/h4-8H,9H2,1-3H3,(H,15,16,17). The van der Waals surface area contributed by atoms with Gasteiger partial charge in [0.25, 0.3) is 0 Å². The number of hydrogen-bond donors (Lipinski definition) is 1. The second-order valence-electron chi connectivity index (χ2n) is 4.18. The lowest BCUT2D eigenvalue weighted by Gasteiger charge is -2.07. The van der Waals surface area contributed by atoms with E-state index in [2.05, 4.69) is 15.3 Å². The number of hydrogen-bond acceptors (Lipinski definition) is 4. The monoisotopic (exact) mass is 243 g/mol. The van der Waals surface area contributed by atoms with Crippen LogP contribution in [0.5, 0.6) is 5.75 Å². The van der Waals surface area contributed by atoms with Crippen LogP contribution in [0.1, 0.15) is 17.0 Å². The first kappa shape index (κ1) is 12.4. The van der Waals surface area contributed by atoms with E-state index in [4.69, 9.17) is 4.74 Å². The topological polar surface area (TPSA) is 47.0 Å². The minimum atomic E-state index is 0.670. The Hall–Kier alpha value is -2.10. The van der Waals surface area contributed by atoms with Gasteiger partial charge in [0.1, 0.15) is 5.75 Å². The third-order valence-electron chi connectivity index (χ3n) is 2.59. The number of rotatable bonds is 4. The van der Waals surface area contributed by atoms with Gasteiger partial charge in [0.2, 0.25) is 5.95 Å². The van der Waals surface area contributed by atoms with E-state index < -0.39 is 0 Å². The minimum absolute atomic E-state index is 0.670. The van der Waals surface area contributed by atoms with Gasteiger partial charge >= 0.3 is 0 Å². The largest absolute Gasteiger partial charge is 0.497 e. The van der Waals surface area contributed by atoms with Gasteiger partial charge in [0.05, 0.1) is 7.11 Å². The fraction of sp³-hybridized carbons (Fsp3) is 0.286. The molecule has 0 fully saturated rings. The van der Waals surface area contributed by atoms with E-state index in [1.54, 1.807) is 7.11 Å². The molecule has 0 amide bonds. The Balaban J connectivity index is 2.01. The summed E-state index contributed by atoms with van der Waals surface area (Å²) in [6.07, 6.45) is 0. The molecule has 1 N–H and O–H groups in total. The van der Waals surface area contributed by atoms with E-state index in [1.807, 2.05) is 44.2 Å². The van der Waals surface area contributed by atoms with Crippen LogP contribution < -0.4 is 10.1 Å². The van der Waals surface area contributed by atoms with Crippen LogP contribution in [-0.2, 0) is 6.54 Å². The zero-order valence-electron chi connectivity index (χ0n) is 10.9. The summed E-state index contributed by atoms with van der Waals surface area (Å²) in [6, 6.07) is 9.89. The smallest absolute Gasteiger partial charge is 0.223 e. The number of anilines is 1. The molecule has 0 aliphatic carbocycles. The third kappa shape index (κ3) is 3.20. The lowest BCUT2D eigenvalue weighted by atomic mass is 10.2. The predicted molar refractivity (Wildman–Crippen MR) is 71.8 cm³/mol. The Morgan fingerprint density at radius 1 is 1.06 bits per heavy atom. The van der Waals surface area contributed by atoms with Crippen LogP contribution in [-0.4, -0.2) is 17.1 Å². The molecule has 2 rings (SSSR count). The van der Waals surface area contributed by atoms with Crippen LogP contribution in [0.25, 0.3) is 0 Å². The maximum Gasteiger partial charge on any atom is 0.223 e. The van der Waals surface area contributed by atoms with Gasteiger partial charge in [0, 0.05) is 17.9 Å². The molecular formula is C14H17N3O. The summed E-state index contributed by atoms with van der Waals surface area (Å²) in [5, 5.41) is 3.22. The van der Waals surface area contributed by atoms with Crippen molar-refractivity contribution in [1.29, 1.82) is 0 Å². The fourth-order valence-electron chi connectivity index (χ4n) is 1.73. The maximum atomic E-state index is 5.12. The molecule has 0 aliphatic heterocycles. The van der Waals surface area contributed by atoms with Gasteiger partial charge in [-0.15, -0.1) is 0 Å². The number of methoxy groups -OCH3 is 1. The first-order valence-electron chi connectivity index (χ1n) is 5.86. The average molecular weight is 243 g/mol. The van der Waals surface area contributed by atoms with Crippen molar-refractivity contribution in [3.8, 4) is 5.75 Å². The van der Waals surface area contributed by atoms with Crippen LogP contribution in [0.4, 0.5) is 5.95 Å². The fourth-order valence-corrected chi connectivity index (χ4v) is 1.73. The zero-order valence-corrected chi connectivity index (χ0v) is 10.9. The molecule has 0 saturated heterocycles. The molecule has 1 aromatic heterocycles. The molecule has 4 heteroatoms. The van der Waals surface area contributed by atoms with Crippen LogP contribution in [0.15, 0.2) is 30.3 Å². The highest BCUT2D eigenvalue weighted by molar-refractivity contribution is 5.32. The predicted octanol–water partition coefficient (Wildman–Crippen LogP) is 2.71. The third-order valence-corrected chi connectivity index (χ3v) is 2.59. The lowest BCUT2D eigenvalue weighted by Crippen LogP contribution is -2.05. The van der Waals surface area contributed by atoms with E-state index in [-0.39, 0.29) is 0 Å². The van der Waals surface area contributed by atoms with Crippen molar-refractivity contribution in [2.45, 2.75) is 20.4 Å². The van der Waals surface area contributed by atoms with E-state index in [0.717, 1.165) is 17.1 Å². The Morgan fingerprint density at radius 2 is 1.67 bits per heavy atom. The first-order chi connectivity index (χ1) is 8.67. The SMILES string of the molecule is COc1ccc(CNc2nc(C)cc(C)n2)cc1. The summed E-state index contributed by atoms with van der Waals surface area (Å²) in [5.74, 6) is 1.53. The zero-order chi connectivity index (χ0) is 13.0. The van der Waals surface area contributed by atoms with Crippen molar-refractivity contribution in [2.24, 2.45) is 0 Å². The van der Waals surface area contributed by atoms with Crippen LogP contribution in [0, 0.1) is 13.8 Å². The Kier molecular flexibility index (Phi) is 3.77. The molecule has 1 aromatic carbocycles. The Bertz CT molecular complexity index is 503. The number of nitrogens with zero attached hydrogens (tertiary/aromatic N) is 2. The quantitative estimate of drug-likeness (QED) is 0.897. The van der Waals surface area contributed by atoms with E-state index in [9.17, 15) is 0 Å². The van der Waals surface area contributed by atoms with Crippen molar-refractivity contribution < 1.29 is 4.74 Å². The second kappa shape index (κ2) is 5.49. The Labute approximate surface area is 107 Å². The highest BCUT2D eigenvalue weighted by Crippen LogP contribution is 2.12. The van der Waals surface area contributed by atoms with Crippen molar-refractivity contribution in [3.05, 3.63) is 47.3 Å². The second-order valence-corrected chi connectivity index (χ2v) is 4.18. The van der Waals surface area contributed by atoms with E-state index >= 15 is 0 Å². The summed E-state index contributed by atoms with van der Waals surface area (Å²) in [5.41, 5.74) is 3.11. The van der Waals surface area contributed by atoms with Gasteiger partial charge in [-0.05, 0) is 37.6 Å². The molecule has 0 bridgehead atoms.